The van der Waals surface area contributed by atoms with Gasteiger partial charge < -0.3 is 15.4 Å². The predicted octanol–water partition coefficient (Wildman–Crippen LogP) is 4.18. The van der Waals surface area contributed by atoms with Crippen LogP contribution >= 0.6 is 0 Å². The number of methoxy groups -OCH3 is 1. The highest BCUT2D eigenvalue weighted by molar-refractivity contribution is 6.07. The third kappa shape index (κ3) is 4.76. The van der Waals surface area contributed by atoms with Gasteiger partial charge in [0.05, 0.1) is 18.4 Å². The molecule has 3 rings (SSSR count). The zero-order valence-electron chi connectivity index (χ0n) is 16.7. The average Bonchev–Trinajstić information content (AvgIpc) is 2.70. The topological polar surface area (TPSA) is 93.2 Å². The molecule has 0 spiro atoms. The first-order valence-corrected chi connectivity index (χ1v) is 9.06. The number of aromatic nitrogens is 2. The molecule has 1 heterocycles. The van der Waals surface area contributed by atoms with E-state index >= 15 is 0 Å². The van der Waals surface area contributed by atoms with Gasteiger partial charge in [-0.3, -0.25) is 4.79 Å². The number of hydrogen-bond donors (Lipinski definition) is 2. The second kappa shape index (κ2) is 8.52. The summed E-state index contributed by atoms with van der Waals surface area (Å²) in [5, 5.41) is 5.90. The van der Waals surface area contributed by atoms with Crippen LogP contribution in [-0.4, -0.2) is 29.0 Å². The summed E-state index contributed by atoms with van der Waals surface area (Å²) in [5.41, 5.74) is 4.46. The number of rotatable bonds is 5. The maximum Gasteiger partial charge on any atom is 0.339 e. The number of para-hydroxylation sites is 1. The average molecular weight is 390 g/mol. The normalized spacial score (nSPS) is 10.3. The minimum atomic E-state index is -0.531. The highest BCUT2D eigenvalue weighted by Crippen LogP contribution is 2.21. The number of anilines is 3. The van der Waals surface area contributed by atoms with Crippen LogP contribution in [0.4, 0.5) is 17.3 Å². The number of hydrogen-bond acceptors (Lipinski definition) is 6. The van der Waals surface area contributed by atoms with Gasteiger partial charge >= 0.3 is 5.97 Å². The fourth-order valence-corrected chi connectivity index (χ4v) is 2.80. The summed E-state index contributed by atoms with van der Waals surface area (Å²) in [6.45, 7) is 5.77. The Hall–Kier alpha value is -3.74. The lowest BCUT2D eigenvalue weighted by atomic mass is 10.1. The summed E-state index contributed by atoms with van der Waals surface area (Å²) in [6, 6.07) is 14.2. The molecule has 7 heteroatoms. The lowest BCUT2D eigenvalue weighted by Gasteiger charge is -2.12. The molecule has 0 aliphatic carbocycles. The molecular formula is C22H22N4O3. The Morgan fingerprint density at radius 1 is 0.931 bits per heavy atom. The van der Waals surface area contributed by atoms with Crippen LogP contribution < -0.4 is 10.6 Å². The number of benzene rings is 2. The van der Waals surface area contributed by atoms with Crippen LogP contribution in [0.2, 0.25) is 0 Å². The predicted molar refractivity (Wildman–Crippen MR) is 112 cm³/mol. The van der Waals surface area contributed by atoms with Crippen molar-refractivity contribution in [3.8, 4) is 0 Å². The number of nitrogens with zero attached hydrogens (tertiary/aromatic N) is 2. The number of aryl methyl sites for hydroxylation is 3. The van der Waals surface area contributed by atoms with Crippen LogP contribution in [0, 0.1) is 20.8 Å². The summed E-state index contributed by atoms with van der Waals surface area (Å²) in [4.78, 5) is 33.4. The van der Waals surface area contributed by atoms with E-state index < -0.39 is 11.9 Å². The number of ether oxygens (including phenoxy) is 1. The third-order valence-electron chi connectivity index (χ3n) is 4.31. The standard InChI is InChI=1S/C22H22N4O3/c1-13-9-10-14(2)18(11-13)25-22-23-15(3)12-19(26-22)20(27)24-17-8-6-5-7-16(17)21(28)29-4/h5-12H,1-4H3,(H,24,27)(H,23,25,26). The van der Waals surface area contributed by atoms with Gasteiger partial charge in [0.1, 0.15) is 5.69 Å². The summed E-state index contributed by atoms with van der Waals surface area (Å²) in [6.07, 6.45) is 0. The van der Waals surface area contributed by atoms with Gasteiger partial charge in [0.25, 0.3) is 5.91 Å². The van der Waals surface area contributed by atoms with Gasteiger partial charge in [0, 0.05) is 11.4 Å². The van der Waals surface area contributed by atoms with Crippen LogP contribution in [0.3, 0.4) is 0 Å². The van der Waals surface area contributed by atoms with E-state index in [4.69, 9.17) is 4.74 Å². The smallest absolute Gasteiger partial charge is 0.339 e. The molecule has 29 heavy (non-hydrogen) atoms. The Kier molecular flexibility index (Phi) is 5.87. The number of nitrogens with one attached hydrogen (secondary N) is 2. The fourth-order valence-electron chi connectivity index (χ4n) is 2.80. The molecule has 0 saturated heterocycles. The largest absolute Gasteiger partial charge is 0.465 e. The second-order valence-electron chi connectivity index (χ2n) is 6.65. The number of carbonyl (C=O) groups is 2. The van der Waals surface area contributed by atoms with Gasteiger partial charge in [-0.15, -0.1) is 0 Å². The van der Waals surface area contributed by atoms with Crippen LogP contribution in [0.5, 0.6) is 0 Å². The summed E-state index contributed by atoms with van der Waals surface area (Å²) < 4.78 is 4.76. The second-order valence-corrected chi connectivity index (χ2v) is 6.65. The molecule has 0 atom stereocenters. The Bertz CT molecular complexity index is 1080. The van der Waals surface area contributed by atoms with Crippen molar-refractivity contribution >= 4 is 29.2 Å². The van der Waals surface area contributed by atoms with Crippen LogP contribution in [0.15, 0.2) is 48.5 Å². The zero-order chi connectivity index (χ0) is 21.0. The van der Waals surface area contributed by atoms with E-state index in [0.29, 0.717) is 17.3 Å². The molecule has 3 aromatic rings. The third-order valence-corrected chi connectivity index (χ3v) is 4.31. The molecule has 1 aromatic heterocycles. The molecule has 2 N–H and O–H groups in total. The van der Waals surface area contributed by atoms with E-state index in [2.05, 4.69) is 20.6 Å². The molecule has 0 bridgehead atoms. The fraction of sp³-hybridized carbons (Fsp3) is 0.182. The minimum Gasteiger partial charge on any atom is -0.465 e. The van der Waals surface area contributed by atoms with Gasteiger partial charge in [-0.25, -0.2) is 14.8 Å². The van der Waals surface area contributed by atoms with Crippen LogP contribution in [0.1, 0.15) is 37.7 Å². The Morgan fingerprint density at radius 3 is 2.45 bits per heavy atom. The Morgan fingerprint density at radius 2 is 1.69 bits per heavy atom. The lowest BCUT2D eigenvalue weighted by Crippen LogP contribution is -2.18. The molecule has 0 radical (unpaired) electrons. The van der Waals surface area contributed by atoms with Crippen molar-refractivity contribution in [2.45, 2.75) is 20.8 Å². The molecule has 7 nitrogen and oxygen atoms in total. The van der Waals surface area contributed by atoms with Gasteiger partial charge in [-0.05, 0) is 56.2 Å². The molecule has 0 aliphatic rings. The number of esters is 1. The van der Waals surface area contributed by atoms with Gasteiger partial charge in [0.15, 0.2) is 0 Å². The van der Waals surface area contributed by atoms with E-state index in [0.717, 1.165) is 16.8 Å². The van der Waals surface area contributed by atoms with E-state index in [1.807, 2.05) is 32.0 Å². The van der Waals surface area contributed by atoms with Gasteiger partial charge in [-0.1, -0.05) is 24.3 Å². The molecule has 148 valence electrons. The van der Waals surface area contributed by atoms with Crippen molar-refractivity contribution < 1.29 is 14.3 Å². The molecule has 0 fully saturated rings. The first kappa shape index (κ1) is 20.0. The van der Waals surface area contributed by atoms with Crippen LogP contribution in [-0.2, 0) is 4.74 Å². The first-order valence-electron chi connectivity index (χ1n) is 9.06. The van der Waals surface area contributed by atoms with Crippen molar-refractivity contribution in [2.75, 3.05) is 17.7 Å². The number of amides is 1. The quantitative estimate of drug-likeness (QED) is 0.635. The zero-order valence-corrected chi connectivity index (χ0v) is 16.7. The lowest BCUT2D eigenvalue weighted by molar-refractivity contribution is 0.0602. The highest BCUT2D eigenvalue weighted by atomic mass is 16.5. The van der Waals surface area contributed by atoms with E-state index in [1.54, 1.807) is 37.3 Å². The maximum atomic E-state index is 12.8. The van der Waals surface area contributed by atoms with Gasteiger partial charge in [0.2, 0.25) is 5.95 Å². The van der Waals surface area contributed by atoms with Crippen molar-refractivity contribution in [2.24, 2.45) is 0 Å². The van der Waals surface area contributed by atoms with Crippen molar-refractivity contribution in [1.82, 2.24) is 9.97 Å². The Balaban J connectivity index is 1.87. The van der Waals surface area contributed by atoms with E-state index in [9.17, 15) is 9.59 Å². The summed E-state index contributed by atoms with van der Waals surface area (Å²) in [5.74, 6) is -0.655. The number of carbonyl (C=O) groups excluding carboxylic acids is 2. The molecule has 0 saturated carbocycles. The van der Waals surface area contributed by atoms with E-state index in [-0.39, 0.29) is 11.3 Å². The Labute approximate surface area is 169 Å². The maximum absolute atomic E-state index is 12.8. The molecule has 0 aliphatic heterocycles. The molecule has 0 unspecified atom stereocenters. The van der Waals surface area contributed by atoms with Gasteiger partial charge in [-0.2, -0.15) is 0 Å². The van der Waals surface area contributed by atoms with E-state index in [1.165, 1.54) is 7.11 Å². The SMILES string of the molecule is COC(=O)c1ccccc1NC(=O)c1cc(C)nc(Nc2cc(C)ccc2C)n1. The molecule has 2 aromatic carbocycles. The monoisotopic (exact) mass is 390 g/mol. The summed E-state index contributed by atoms with van der Waals surface area (Å²) in [7, 11) is 1.29. The van der Waals surface area contributed by atoms with Crippen molar-refractivity contribution in [1.29, 1.82) is 0 Å². The van der Waals surface area contributed by atoms with Crippen LogP contribution in [0.25, 0.3) is 0 Å². The molecular weight excluding hydrogens is 368 g/mol. The highest BCUT2D eigenvalue weighted by Gasteiger charge is 2.16. The summed E-state index contributed by atoms with van der Waals surface area (Å²) >= 11 is 0. The minimum absolute atomic E-state index is 0.185. The van der Waals surface area contributed by atoms with Crippen molar-refractivity contribution in [3.05, 3.63) is 76.6 Å². The molecule has 1 amide bonds. The first-order chi connectivity index (χ1) is 13.9. The van der Waals surface area contributed by atoms with Crippen molar-refractivity contribution in [3.63, 3.8) is 0 Å².